The van der Waals surface area contributed by atoms with Crippen molar-refractivity contribution in [3.63, 3.8) is 0 Å². The van der Waals surface area contributed by atoms with Crippen LogP contribution >= 0.6 is 0 Å². The number of allylic oxidation sites excluding steroid dienone is 4. The standard InChI is InChI=1S/C19H18N2/c1-3-9-17(4-2)19(18-11-6-5-7-12-18)21-15-16-10-8-13-20-14-16/h3-14H,1-2,15H2/b17-9+,21-19?. The average Bonchev–Trinajstić information content (AvgIpc) is 2.56. The van der Waals surface area contributed by atoms with Crippen molar-refractivity contribution in [2.75, 3.05) is 0 Å². The molecule has 2 rings (SSSR count). The molecule has 0 aliphatic rings. The number of aromatic nitrogens is 1. The van der Waals surface area contributed by atoms with Crippen LogP contribution in [0.5, 0.6) is 0 Å². The molecule has 0 fully saturated rings. The van der Waals surface area contributed by atoms with Crippen LogP contribution in [-0.2, 0) is 6.54 Å². The van der Waals surface area contributed by atoms with Crippen molar-refractivity contribution >= 4 is 5.71 Å². The lowest BCUT2D eigenvalue weighted by molar-refractivity contribution is 1.04. The molecule has 1 aromatic carbocycles. The summed E-state index contributed by atoms with van der Waals surface area (Å²) in [6, 6.07) is 14.0. The second-order valence-corrected chi connectivity index (χ2v) is 4.45. The molecule has 2 heteroatoms. The van der Waals surface area contributed by atoms with Crippen LogP contribution in [-0.4, -0.2) is 10.7 Å². The van der Waals surface area contributed by atoms with E-state index in [1.54, 1.807) is 18.3 Å². The molecule has 0 saturated carbocycles. The smallest absolute Gasteiger partial charge is 0.0722 e. The summed E-state index contributed by atoms with van der Waals surface area (Å²) in [5, 5.41) is 0. The van der Waals surface area contributed by atoms with Gasteiger partial charge in [-0.2, -0.15) is 0 Å². The molecule has 0 spiro atoms. The minimum absolute atomic E-state index is 0.584. The third-order valence-corrected chi connectivity index (χ3v) is 2.98. The molecule has 104 valence electrons. The molecule has 0 aliphatic heterocycles. The maximum absolute atomic E-state index is 4.74. The van der Waals surface area contributed by atoms with Crippen LogP contribution in [0.3, 0.4) is 0 Å². The van der Waals surface area contributed by atoms with Crippen molar-refractivity contribution in [1.29, 1.82) is 0 Å². The van der Waals surface area contributed by atoms with E-state index in [1.807, 2.05) is 54.7 Å². The van der Waals surface area contributed by atoms with Gasteiger partial charge in [0.05, 0.1) is 12.3 Å². The molecule has 1 heterocycles. The van der Waals surface area contributed by atoms with Crippen LogP contribution in [0.4, 0.5) is 0 Å². The summed E-state index contributed by atoms with van der Waals surface area (Å²) in [5.74, 6) is 0. The molecular formula is C19H18N2. The first-order chi connectivity index (χ1) is 10.3. The van der Waals surface area contributed by atoms with Gasteiger partial charge in [0.2, 0.25) is 0 Å². The topological polar surface area (TPSA) is 25.2 Å². The molecule has 0 bridgehead atoms. The van der Waals surface area contributed by atoms with Crippen LogP contribution < -0.4 is 0 Å². The number of rotatable bonds is 6. The number of benzene rings is 1. The highest BCUT2D eigenvalue weighted by Crippen LogP contribution is 2.13. The van der Waals surface area contributed by atoms with Crippen molar-refractivity contribution in [3.8, 4) is 0 Å². The fourth-order valence-corrected chi connectivity index (χ4v) is 1.98. The zero-order chi connectivity index (χ0) is 14.9. The van der Waals surface area contributed by atoms with Crippen molar-refractivity contribution in [2.24, 2.45) is 4.99 Å². The van der Waals surface area contributed by atoms with Crippen molar-refractivity contribution in [3.05, 3.63) is 103 Å². The van der Waals surface area contributed by atoms with E-state index in [1.165, 1.54) is 0 Å². The van der Waals surface area contributed by atoms with Gasteiger partial charge in [0.1, 0.15) is 0 Å². The first-order valence-corrected chi connectivity index (χ1v) is 6.79. The van der Waals surface area contributed by atoms with E-state index in [-0.39, 0.29) is 0 Å². The quantitative estimate of drug-likeness (QED) is 0.567. The SMILES string of the molecule is C=C/C=C(\C=C)C(=NCc1cccnc1)c1ccccc1. The van der Waals surface area contributed by atoms with Crippen LogP contribution in [0.15, 0.2) is 96.8 Å². The average molecular weight is 274 g/mol. The second-order valence-electron chi connectivity index (χ2n) is 4.45. The van der Waals surface area contributed by atoms with Gasteiger partial charge in [-0.1, -0.05) is 67.8 Å². The molecule has 0 radical (unpaired) electrons. The highest BCUT2D eigenvalue weighted by molar-refractivity contribution is 6.14. The molecule has 0 aliphatic carbocycles. The molecule has 1 aromatic heterocycles. The Labute approximate surface area is 125 Å². The predicted octanol–water partition coefficient (Wildman–Crippen LogP) is 4.37. The van der Waals surface area contributed by atoms with Gasteiger partial charge in [-0.05, 0) is 17.2 Å². The van der Waals surface area contributed by atoms with Gasteiger partial charge in [-0.3, -0.25) is 9.98 Å². The molecule has 2 nitrogen and oxygen atoms in total. The number of pyridine rings is 1. The Morgan fingerprint density at radius 3 is 2.52 bits per heavy atom. The summed E-state index contributed by atoms with van der Waals surface area (Å²) in [6.45, 7) is 8.21. The third kappa shape index (κ3) is 4.11. The van der Waals surface area contributed by atoms with Crippen LogP contribution in [0.25, 0.3) is 0 Å². The molecule has 2 aromatic rings. The molecule has 0 saturated heterocycles. The van der Waals surface area contributed by atoms with E-state index < -0.39 is 0 Å². The van der Waals surface area contributed by atoms with Gasteiger partial charge in [0.25, 0.3) is 0 Å². The number of hydrogen-bond donors (Lipinski definition) is 0. The van der Waals surface area contributed by atoms with Crippen molar-refractivity contribution in [1.82, 2.24) is 4.98 Å². The van der Waals surface area contributed by atoms with E-state index in [0.717, 1.165) is 22.4 Å². The van der Waals surface area contributed by atoms with E-state index in [2.05, 4.69) is 18.1 Å². The largest absolute Gasteiger partial charge is 0.279 e. The summed E-state index contributed by atoms with van der Waals surface area (Å²) in [6.07, 6.45) is 9.06. The maximum atomic E-state index is 4.74. The Morgan fingerprint density at radius 2 is 1.90 bits per heavy atom. The third-order valence-electron chi connectivity index (χ3n) is 2.98. The Kier molecular flexibility index (Phi) is 5.41. The van der Waals surface area contributed by atoms with Gasteiger partial charge in [0.15, 0.2) is 0 Å². The predicted molar refractivity (Wildman–Crippen MR) is 89.4 cm³/mol. The van der Waals surface area contributed by atoms with Gasteiger partial charge in [0, 0.05) is 18.0 Å². The summed E-state index contributed by atoms with van der Waals surface area (Å²) in [7, 11) is 0. The fraction of sp³-hybridized carbons (Fsp3) is 0.0526. The van der Waals surface area contributed by atoms with Gasteiger partial charge >= 0.3 is 0 Å². The first kappa shape index (κ1) is 14.7. The molecule has 21 heavy (non-hydrogen) atoms. The van der Waals surface area contributed by atoms with E-state index in [0.29, 0.717) is 6.54 Å². The maximum Gasteiger partial charge on any atom is 0.0722 e. The number of hydrogen-bond acceptors (Lipinski definition) is 2. The highest BCUT2D eigenvalue weighted by atomic mass is 14.7. The lowest BCUT2D eigenvalue weighted by Gasteiger charge is -2.08. The molecular weight excluding hydrogens is 256 g/mol. The number of nitrogens with zero attached hydrogens (tertiary/aromatic N) is 2. The summed E-state index contributed by atoms with van der Waals surface area (Å²) in [4.78, 5) is 8.86. The summed E-state index contributed by atoms with van der Waals surface area (Å²) < 4.78 is 0. The Hall–Kier alpha value is -2.74. The first-order valence-electron chi connectivity index (χ1n) is 6.79. The van der Waals surface area contributed by atoms with E-state index >= 15 is 0 Å². The molecule has 0 N–H and O–H groups in total. The monoisotopic (exact) mass is 274 g/mol. The van der Waals surface area contributed by atoms with Gasteiger partial charge in [-0.25, -0.2) is 0 Å². The number of aliphatic imine (C=N–C) groups is 1. The van der Waals surface area contributed by atoms with Gasteiger partial charge in [-0.15, -0.1) is 0 Å². The van der Waals surface area contributed by atoms with Crippen LogP contribution in [0.1, 0.15) is 11.1 Å². The van der Waals surface area contributed by atoms with Crippen LogP contribution in [0, 0.1) is 0 Å². The Balaban J connectivity index is 2.38. The fourth-order valence-electron chi connectivity index (χ4n) is 1.98. The lowest BCUT2D eigenvalue weighted by Crippen LogP contribution is -2.04. The Morgan fingerprint density at radius 1 is 1.10 bits per heavy atom. The van der Waals surface area contributed by atoms with Crippen molar-refractivity contribution in [2.45, 2.75) is 6.54 Å². The minimum Gasteiger partial charge on any atom is -0.279 e. The Bertz CT molecular complexity index is 652. The summed E-state index contributed by atoms with van der Waals surface area (Å²) in [5.41, 5.74) is 4.01. The van der Waals surface area contributed by atoms with Gasteiger partial charge < -0.3 is 0 Å². The van der Waals surface area contributed by atoms with E-state index in [4.69, 9.17) is 4.99 Å². The van der Waals surface area contributed by atoms with Crippen LogP contribution in [0.2, 0.25) is 0 Å². The zero-order valence-electron chi connectivity index (χ0n) is 11.9. The highest BCUT2D eigenvalue weighted by Gasteiger charge is 2.06. The van der Waals surface area contributed by atoms with E-state index in [9.17, 15) is 0 Å². The molecule has 0 amide bonds. The normalized spacial score (nSPS) is 12.0. The summed E-state index contributed by atoms with van der Waals surface area (Å²) >= 11 is 0. The molecule has 0 unspecified atom stereocenters. The van der Waals surface area contributed by atoms with Crippen molar-refractivity contribution < 1.29 is 0 Å². The molecule has 0 atom stereocenters. The second kappa shape index (κ2) is 7.75. The minimum atomic E-state index is 0.584. The zero-order valence-corrected chi connectivity index (χ0v) is 11.9. The lowest BCUT2D eigenvalue weighted by atomic mass is 10.0.